The summed E-state index contributed by atoms with van der Waals surface area (Å²) >= 11 is 1.72. The molecular formula is C28H49N2S+. The van der Waals surface area contributed by atoms with Gasteiger partial charge in [-0.15, -0.1) is 0 Å². The van der Waals surface area contributed by atoms with Gasteiger partial charge in [0.1, 0.15) is 0 Å². The van der Waals surface area contributed by atoms with Gasteiger partial charge in [-0.3, -0.25) is 11.1 Å². The first-order chi connectivity index (χ1) is 14.6. The molecule has 0 unspecified atom stereocenters. The lowest BCUT2D eigenvalue weighted by atomic mass is 9.47. The van der Waals surface area contributed by atoms with E-state index in [4.69, 9.17) is 11.1 Å². The summed E-state index contributed by atoms with van der Waals surface area (Å²) < 4.78 is 0. The highest BCUT2D eigenvalue weighted by Crippen LogP contribution is 2.67. The molecule has 4 N–H and O–H groups in total. The fourth-order valence-electron chi connectivity index (χ4n) is 8.95. The third-order valence-electron chi connectivity index (χ3n) is 10.6. The highest BCUT2D eigenvalue weighted by molar-refractivity contribution is 8.14. The van der Waals surface area contributed by atoms with Crippen molar-refractivity contribution in [1.82, 2.24) is 0 Å². The second-order valence-corrected chi connectivity index (χ2v) is 14.0. The predicted molar refractivity (Wildman–Crippen MR) is 136 cm³/mol. The van der Waals surface area contributed by atoms with Gasteiger partial charge in [0, 0.05) is 5.25 Å². The maximum atomic E-state index is 5.82. The standard InChI is InChI=1S/C28H48N2S/c1-18(2)7-6-8-19(3)23-11-12-24-22-10-9-20-17-21(31-26(29)30)13-15-27(20,4)25(22)14-16-28(23,24)5/h9,18-19,21-25H,6-8,10-17H2,1-5H3,(H3,29,30)/p+1/t19-,21+,22+,23-,24+,25+,27+,28-/m1/s1. The topological polar surface area (TPSA) is 51.6 Å². The van der Waals surface area contributed by atoms with Gasteiger partial charge in [0.15, 0.2) is 0 Å². The Bertz CT molecular complexity index is 699. The minimum Gasteiger partial charge on any atom is -0.282 e. The van der Waals surface area contributed by atoms with Gasteiger partial charge in [-0.05, 0) is 109 Å². The number of nitrogens with two attached hydrogens (primary N) is 2. The Morgan fingerprint density at radius 2 is 1.87 bits per heavy atom. The zero-order chi connectivity index (χ0) is 22.4. The van der Waals surface area contributed by atoms with Crippen LogP contribution in [-0.4, -0.2) is 10.4 Å². The van der Waals surface area contributed by atoms with Gasteiger partial charge < -0.3 is 0 Å². The number of rotatable bonds is 6. The van der Waals surface area contributed by atoms with E-state index in [1.165, 1.54) is 70.6 Å². The number of allylic oxidation sites excluding steroid dienone is 2. The van der Waals surface area contributed by atoms with Crippen LogP contribution in [-0.2, 0) is 0 Å². The summed E-state index contributed by atoms with van der Waals surface area (Å²) in [5.74, 6) is 5.51. The van der Waals surface area contributed by atoms with E-state index in [1.54, 1.807) is 17.3 Å². The first-order valence-electron chi connectivity index (χ1n) is 13.4. The number of amidine groups is 1. The number of thioether (sulfide) groups is 1. The van der Waals surface area contributed by atoms with Crippen molar-refractivity contribution in [2.24, 2.45) is 52.1 Å². The highest BCUT2D eigenvalue weighted by atomic mass is 32.2. The molecule has 0 aromatic rings. The molecule has 0 spiro atoms. The molecule has 8 atom stereocenters. The van der Waals surface area contributed by atoms with E-state index in [2.05, 4.69) is 40.7 Å². The van der Waals surface area contributed by atoms with E-state index in [1.807, 2.05) is 0 Å². The summed E-state index contributed by atoms with van der Waals surface area (Å²) in [7, 11) is 0. The molecule has 3 saturated carbocycles. The average molecular weight is 446 g/mol. The summed E-state index contributed by atoms with van der Waals surface area (Å²) in [6, 6.07) is 0. The van der Waals surface area contributed by atoms with Crippen molar-refractivity contribution in [2.75, 3.05) is 0 Å². The van der Waals surface area contributed by atoms with Crippen LogP contribution in [0.1, 0.15) is 105 Å². The minimum absolute atomic E-state index is 0.436. The van der Waals surface area contributed by atoms with Crippen LogP contribution < -0.4 is 11.1 Å². The van der Waals surface area contributed by atoms with Gasteiger partial charge in [-0.2, -0.15) is 0 Å². The quantitative estimate of drug-likeness (QED) is 0.290. The van der Waals surface area contributed by atoms with Gasteiger partial charge >= 0.3 is 0 Å². The van der Waals surface area contributed by atoms with Crippen molar-refractivity contribution in [1.29, 1.82) is 0 Å². The van der Waals surface area contributed by atoms with Gasteiger partial charge in [0.25, 0.3) is 5.17 Å². The first kappa shape index (κ1) is 23.7. The normalized spacial score (nSPS) is 43.0. The second-order valence-electron chi connectivity index (χ2n) is 12.7. The molecule has 0 aliphatic heterocycles. The SMILES string of the molecule is CC(C)CCC[C@@H](C)[C@H]1CC[C@H]2[C@@H]3CC=C4C[C@@H](SC(N)=[NH2+])CC[C@]4(C)[C@H]3CC[C@]12C. The second kappa shape index (κ2) is 9.07. The lowest BCUT2D eigenvalue weighted by molar-refractivity contribution is -0.110. The maximum absolute atomic E-state index is 5.82. The van der Waals surface area contributed by atoms with Crippen molar-refractivity contribution in [3.05, 3.63) is 11.6 Å². The Hall–Kier alpha value is -0.440. The Balaban J connectivity index is 1.47. The largest absolute Gasteiger partial charge is 0.300 e. The molecule has 31 heavy (non-hydrogen) atoms. The van der Waals surface area contributed by atoms with Gasteiger partial charge in [-0.25, -0.2) is 0 Å². The molecule has 3 fully saturated rings. The van der Waals surface area contributed by atoms with Gasteiger partial charge in [-0.1, -0.05) is 65.5 Å². The molecule has 0 bridgehead atoms. The summed E-state index contributed by atoms with van der Waals surface area (Å²) in [6.07, 6.45) is 18.0. The van der Waals surface area contributed by atoms with E-state index in [0.29, 0.717) is 21.2 Å². The van der Waals surface area contributed by atoms with Crippen LogP contribution in [0, 0.1) is 46.3 Å². The zero-order valence-electron chi connectivity index (χ0n) is 21.0. The van der Waals surface area contributed by atoms with Crippen LogP contribution in [0.15, 0.2) is 11.6 Å². The average Bonchev–Trinajstić information content (AvgIpc) is 3.05. The van der Waals surface area contributed by atoms with Crippen LogP contribution in [0.4, 0.5) is 0 Å². The monoisotopic (exact) mass is 445 g/mol. The molecule has 0 aromatic carbocycles. The summed E-state index contributed by atoms with van der Waals surface area (Å²) in [5.41, 5.74) is 8.60. The van der Waals surface area contributed by atoms with E-state index in [9.17, 15) is 0 Å². The van der Waals surface area contributed by atoms with E-state index < -0.39 is 0 Å². The van der Waals surface area contributed by atoms with E-state index in [-0.39, 0.29) is 0 Å². The van der Waals surface area contributed by atoms with Crippen molar-refractivity contribution in [3.8, 4) is 0 Å². The Morgan fingerprint density at radius 3 is 2.58 bits per heavy atom. The highest BCUT2D eigenvalue weighted by Gasteiger charge is 2.59. The Kier molecular flexibility index (Phi) is 6.94. The van der Waals surface area contributed by atoms with Crippen molar-refractivity contribution >= 4 is 16.9 Å². The minimum atomic E-state index is 0.436. The van der Waals surface area contributed by atoms with E-state index in [0.717, 1.165) is 35.5 Å². The van der Waals surface area contributed by atoms with E-state index >= 15 is 0 Å². The molecule has 0 aromatic heterocycles. The molecule has 4 rings (SSSR count). The molecule has 4 aliphatic rings. The van der Waals surface area contributed by atoms with Gasteiger partial charge in [0.2, 0.25) is 0 Å². The molecular weight excluding hydrogens is 396 g/mol. The third-order valence-corrected chi connectivity index (χ3v) is 11.6. The fraction of sp³-hybridized carbons (Fsp3) is 0.893. The molecule has 2 nitrogen and oxygen atoms in total. The molecule has 176 valence electrons. The Morgan fingerprint density at radius 1 is 1.10 bits per heavy atom. The van der Waals surface area contributed by atoms with Crippen LogP contribution in [0.2, 0.25) is 0 Å². The number of hydrogen-bond donors (Lipinski definition) is 2. The number of fused-ring (bicyclic) bond motifs is 5. The summed E-state index contributed by atoms with van der Waals surface area (Å²) in [4.78, 5) is 0. The molecule has 3 heteroatoms. The molecule has 0 amide bonds. The van der Waals surface area contributed by atoms with Crippen LogP contribution in [0.5, 0.6) is 0 Å². The van der Waals surface area contributed by atoms with Crippen molar-refractivity contribution in [3.63, 3.8) is 0 Å². The molecule has 0 heterocycles. The van der Waals surface area contributed by atoms with Crippen LogP contribution >= 0.6 is 11.8 Å². The molecule has 0 saturated heterocycles. The maximum Gasteiger partial charge on any atom is 0.300 e. The van der Waals surface area contributed by atoms with Crippen molar-refractivity contribution in [2.45, 2.75) is 110 Å². The lowest BCUT2D eigenvalue weighted by Gasteiger charge is -2.58. The smallest absolute Gasteiger partial charge is 0.282 e. The zero-order valence-corrected chi connectivity index (χ0v) is 21.8. The Labute approximate surface area is 196 Å². The fourth-order valence-corrected chi connectivity index (χ4v) is 9.83. The van der Waals surface area contributed by atoms with Crippen LogP contribution in [0.3, 0.4) is 0 Å². The summed E-state index contributed by atoms with van der Waals surface area (Å²) in [5, 5.41) is 6.97. The molecule has 0 radical (unpaired) electrons. The lowest BCUT2D eigenvalue weighted by Crippen LogP contribution is -2.51. The summed E-state index contributed by atoms with van der Waals surface area (Å²) in [6.45, 7) is 12.7. The number of hydrogen-bond acceptors (Lipinski definition) is 1. The van der Waals surface area contributed by atoms with Crippen molar-refractivity contribution < 1.29 is 5.41 Å². The van der Waals surface area contributed by atoms with Crippen LogP contribution in [0.25, 0.3) is 0 Å². The first-order valence-corrected chi connectivity index (χ1v) is 14.3. The van der Waals surface area contributed by atoms with Gasteiger partial charge in [0.05, 0.1) is 0 Å². The third kappa shape index (κ3) is 4.38. The molecule has 4 aliphatic carbocycles. The predicted octanol–water partition coefficient (Wildman–Crippen LogP) is 6.20.